The molecule has 7 heteroatoms. The molecule has 0 aliphatic carbocycles. The van der Waals surface area contributed by atoms with Crippen LogP contribution in [0.25, 0.3) is 0 Å². The third kappa shape index (κ3) is 9.57. The molecule has 0 aromatic heterocycles. The highest BCUT2D eigenvalue weighted by atomic mass is 16.5. The molecule has 0 spiro atoms. The Morgan fingerprint density at radius 3 is 2.50 bits per heavy atom. The van der Waals surface area contributed by atoms with Gasteiger partial charge in [-0.25, -0.2) is 0 Å². The van der Waals surface area contributed by atoms with Crippen molar-refractivity contribution in [2.45, 2.75) is 46.6 Å². The molecule has 0 aromatic carbocycles. The van der Waals surface area contributed by atoms with E-state index in [1.165, 1.54) is 0 Å². The van der Waals surface area contributed by atoms with Gasteiger partial charge >= 0.3 is 0 Å². The summed E-state index contributed by atoms with van der Waals surface area (Å²) in [5.41, 5.74) is 16.4. The van der Waals surface area contributed by atoms with Gasteiger partial charge in [0.1, 0.15) is 0 Å². The van der Waals surface area contributed by atoms with Crippen molar-refractivity contribution >= 4 is 11.9 Å². The summed E-state index contributed by atoms with van der Waals surface area (Å²) in [6.07, 6.45) is 1.22. The average Bonchev–Trinajstić information content (AvgIpc) is 2.42. The number of nitrogens with two attached hydrogens (primary N) is 3. The summed E-state index contributed by atoms with van der Waals surface area (Å²) in [6.45, 7) is 10.8. The number of rotatable bonds is 11. The minimum absolute atomic E-state index is 0.0551. The minimum Gasteiger partial charge on any atom is -0.379 e. The smallest absolute Gasteiger partial charge is 0.236 e. The van der Waals surface area contributed by atoms with E-state index in [0.717, 1.165) is 0 Å². The van der Waals surface area contributed by atoms with E-state index in [0.29, 0.717) is 45.1 Å². The molecule has 0 radical (unpaired) electrons. The summed E-state index contributed by atoms with van der Waals surface area (Å²) in [7, 11) is 0. The summed E-state index contributed by atoms with van der Waals surface area (Å²) < 4.78 is 5.61. The molecule has 0 saturated heterocycles. The molecule has 1 amide bonds. The first kappa shape index (κ1) is 20.7. The summed E-state index contributed by atoms with van der Waals surface area (Å²) >= 11 is 0. The van der Waals surface area contributed by atoms with Crippen molar-refractivity contribution in [1.29, 1.82) is 0 Å². The van der Waals surface area contributed by atoms with Crippen molar-refractivity contribution in [1.82, 2.24) is 5.32 Å². The number of aliphatic imine (C=N–C) groups is 1. The van der Waals surface area contributed by atoms with Crippen LogP contribution in [0.5, 0.6) is 0 Å². The molecular formula is C15H33N5O2. The lowest BCUT2D eigenvalue weighted by molar-refractivity contribution is -0.122. The number of ether oxygens (including phenoxy) is 1. The van der Waals surface area contributed by atoms with Crippen molar-refractivity contribution in [3.8, 4) is 0 Å². The molecule has 0 saturated carbocycles. The Balaban J connectivity index is 3.74. The third-order valence-electron chi connectivity index (χ3n) is 3.89. The van der Waals surface area contributed by atoms with Crippen LogP contribution in [0.15, 0.2) is 4.99 Å². The van der Waals surface area contributed by atoms with Crippen LogP contribution in [-0.2, 0) is 9.53 Å². The zero-order valence-electron chi connectivity index (χ0n) is 14.4. The van der Waals surface area contributed by atoms with Gasteiger partial charge in [0.15, 0.2) is 5.96 Å². The number of hydrogen-bond donors (Lipinski definition) is 4. The van der Waals surface area contributed by atoms with E-state index in [1.807, 2.05) is 0 Å². The van der Waals surface area contributed by atoms with Crippen LogP contribution in [0.1, 0.15) is 40.5 Å². The Morgan fingerprint density at radius 2 is 1.95 bits per heavy atom. The number of carbonyl (C=O) groups excluding carboxylic acids is 1. The highest BCUT2D eigenvalue weighted by Gasteiger charge is 2.22. The second-order valence-electron chi connectivity index (χ2n) is 6.54. The van der Waals surface area contributed by atoms with Crippen LogP contribution < -0.4 is 22.5 Å². The fraction of sp³-hybridized carbons (Fsp3) is 0.867. The van der Waals surface area contributed by atoms with Crippen LogP contribution in [0.3, 0.4) is 0 Å². The highest BCUT2D eigenvalue weighted by molar-refractivity contribution is 5.81. The van der Waals surface area contributed by atoms with Crippen molar-refractivity contribution in [2.24, 2.45) is 33.5 Å². The van der Waals surface area contributed by atoms with E-state index in [1.54, 1.807) is 0 Å². The fourth-order valence-electron chi connectivity index (χ4n) is 1.53. The van der Waals surface area contributed by atoms with Crippen molar-refractivity contribution in [3.63, 3.8) is 0 Å². The predicted octanol–water partition coefficient (Wildman–Crippen LogP) is 0.182. The zero-order valence-corrected chi connectivity index (χ0v) is 14.4. The van der Waals surface area contributed by atoms with Crippen LogP contribution in [-0.4, -0.2) is 44.2 Å². The van der Waals surface area contributed by atoms with E-state index in [2.05, 4.69) is 38.0 Å². The SMILES string of the molecule is CC(C)C(C)(C)COCCNC(=O)C(N)CCCN=C(N)N. The van der Waals surface area contributed by atoms with Crippen LogP contribution in [0.2, 0.25) is 0 Å². The Kier molecular flexibility index (Phi) is 9.76. The highest BCUT2D eigenvalue weighted by Crippen LogP contribution is 2.25. The Hall–Kier alpha value is -1.34. The fourth-order valence-corrected chi connectivity index (χ4v) is 1.53. The molecule has 0 aromatic rings. The van der Waals surface area contributed by atoms with Gasteiger partial charge in [-0.3, -0.25) is 9.79 Å². The molecule has 22 heavy (non-hydrogen) atoms. The number of guanidine groups is 1. The Bertz CT molecular complexity index is 352. The second kappa shape index (κ2) is 10.4. The van der Waals surface area contributed by atoms with E-state index in [9.17, 15) is 4.79 Å². The largest absolute Gasteiger partial charge is 0.379 e. The van der Waals surface area contributed by atoms with E-state index < -0.39 is 6.04 Å². The monoisotopic (exact) mass is 315 g/mol. The zero-order chi connectivity index (χ0) is 17.2. The van der Waals surface area contributed by atoms with Crippen molar-refractivity contribution < 1.29 is 9.53 Å². The lowest BCUT2D eigenvalue weighted by Crippen LogP contribution is -2.42. The molecule has 0 aliphatic rings. The number of amides is 1. The van der Waals surface area contributed by atoms with Gasteiger partial charge in [-0.05, 0) is 24.2 Å². The van der Waals surface area contributed by atoms with Gasteiger partial charge < -0.3 is 27.3 Å². The van der Waals surface area contributed by atoms with Crippen molar-refractivity contribution in [2.75, 3.05) is 26.3 Å². The number of nitrogens with one attached hydrogen (secondary N) is 1. The first-order valence-electron chi connectivity index (χ1n) is 7.83. The normalized spacial score (nSPS) is 13.0. The number of nitrogens with zero attached hydrogens (tertiary/aromatic N) is 1. The quantitative estimate of drug-likeness (QED) is 0.246. The van der Waals surface area contributed by atoms with E-state index in [-0.39, 0.29) is 17.3 Å². The lowest BCUT2D eigenvalue weighted by atomic mass is 9.82. The van der Waals surface area contributed by atoms with E-state index in [4.69, 9.17) is 21.9 Å². The lowest BCUT2D eigenvalue weighted by Gasteiger charge is -2.28. The van der Waals surface area contributed by atoms with Gasteiger partial charge in [-0.15, -0.1) is 0 Å². The molecule has 7 nitrogen and oxygen atoms in total. The average molecular weight is 315 g/mol. The summed E-state index contributed by atoms with van der Waals surface area (Å²) in [4.78, 5) is 15.6. The molecule has 1 atom stereocenters. The Labute approximate surface area is 134 Å². The first-order valence-corrected chi connectivity index (χ1v) is 7.83. The first-order chi connectivity index (χ1) is 10.2. The predicted molar refractivity (Wildman–Crippen MR) is 90.3 cm³/mol. The maximum Gasteiger partial charge on any atom is 0.236 e. The van der Waals surface area contributed by atoms with Gasteiger partial charge in [-0.1, -0.05) is 27.7 Å². The minimum atomic E-state index is -0.540. The van der Waals surface area contributed by atoms with Gasteiger partial charge in [0.2, 0.25) is 5.91 Å². The topological polar surface area (TPSA) is 129 Å². The molecule has 0 bridgehead atoms. The molecule has 0 fully saturated rings. The molecular weight excluding hydrogens is 282 g/mol. The molecule has 130 valence electrons. The van der Waals surface area contributed by atoms with Gasteiger partial charge in [-0.2, -0.15) is 0 Å². The Morgan fingerprint density at radius 1 is 1.32 bits per heavy atom. The van der Waals surface area contributed by atoms with Gasteiger partial charge in [0.25, 0.3) is 0 Å². The maximum atomic E-state index is 11.8. The number of hydrogen-bond acceptors (Lipinski definition) is 4. The molecule has 7 N–H and O–H groups in total. The summed E-state index contributed by atoms with van der Waals surface area (Å²) in [6, 6.07) is -0.540. The van der Waals surface area contributed by atoms with Gasteiger partial charge in [0.05, 0.1) is 19.3 Å². The molecule has 1 unspecified atom stereocenters. The molecule has 0 heterocycles. The van der Waals surface area contributed by atoms with Crippen LogP contribution in [0.4, 0.5) is 0 Å². The van der Waals surface area contributed by atoms with Crippen molar-refractivity contribution in [3.05, 3.63) is 0 Å². The number of carbonyl (C=O) groups is 1. The van der Waals surface area contributed by atoms with Gasteiger partial charge in [0, 0.05) is 13.1 Å². The van der Waals surface area contributed by atoms with Crippen LogP contribution in [0, 0.1) is 11.3 Å². The molecule has 0 aliphatic heterocycles. The second-order valence-corrected chi connectivity index (χ2v) is 6.54. The van der Waals surface area contributed by atoms with E-state index >= 15 is 0 Å². The van der Waals surface area contributed by atoms with Crippen LogP contribution >= 0.6 is 0 Å². The summed E-state index contributed by atoms with van der Waals surface area (Å²) in [5, 5.41) is 2.77. The summed E-state index contributed by atoms with van der Waals surface area (Å²) in [5.74, 6) is 0.427. The maximum absolute atomic E-state index is 11.8. The standard InChI is InChI=1S/C15H33N5O2/c1-11(2)15(3,4)10-22-9-8-19-13(21)12(16)6-5-7-20-14(17)18/h11-12H,5-10,16H2,1-4H3,(H,19,21)(H4,17,18,20). The molecule has 0 rings (SSSR count). The third-order valence-corrected chi connectivity index (χ3v) is 3.89.